The van der Waals surface area contributed by atoms with Crippen LogP contribution in [0.15, 0.2) is 36.4 Å². The summed E-state index contributed by atoms with van der Waals surface area (Å²) in [5.74, 6) is -4.51. The van der Waals surface area contributed by atoms with Crippen LogP contribution in [-0.4, -0.2) is 45.9 Å². The molecule has 2 aromatic carbocycles. The fourth-order valence-electron chi connectivity index (χ4n) is 5.27. The van der Waals surface area contributed by atoms with Crippen LogP contribution >= 0.6 is 66.9 Å². The first kappa shape index (κ1) is 52.5. The number of hydrogen-bond donors (Lipinski definition) is 2. The molecule has 0 bridgehead atoms. The second kappa shape index (κ2) is 19.7. The molecule has 0 aliphatic heterocycles. The summed E-state index contributed by atoms with van der Waals surface area (Å²) in [5, 5.41) is 10.0. The van der Waals surface area contributed by atoms with Crippen LogP contribution in [0.3, 0.4) is 0 Å². The molecule has 56 heavy (non-hydrogen) atoms. The van der Waals surface area contributed by atoms with Crippen LogP contribution in [0.25, 0.3) is 0 Å². The summed E-state index contributed by atoms with van der Waals surface area (Å²) in [5.41, 5.74) is -1.61. The highest BCUT2D eigenvalue weighted by Gasteiger charge is 2.77. The smallest absolute Gasteiger partial charge is 0.331 e. The highest BCUT2D eigenvalue weighted by atomic mass is 35.5. The van der Waals surface area contributed by atoms with Gasteiger partial charge in [0.15, 0.2) is 0 Å². The number of aliphatic hydroxyl groups is 2. The van der Waals surface area contributed by atoms with Crippen molar-refractivity contribution in [2.24, 2.45) is 0 Å². The molecule has 6 nitrogen and oxygen atoms in total. The Morgan fingerprint density at radius 1 is 0.518 bits per heavy atom. The number of unbranched alkanes of at least 4 members (excludes halogenated alkanes) is 10. The van der Waals surface area contributed by atoms with Crippen LogP contribution < -0.4 is 0 Å². The first-order valence-electron chi connectivity index (χ1n) is 17.4. The van der Waals surface area contributed by atoms with E-state index in [4.69, 9.17) is 46.4 Å². The van der Waals surface area contributed by atoms with E-state index < -0.39 is 99.5 Å². The summed E-state index contributed by atoms with van der Waals surface area (Å²) in [6.07, 6.45) is 3.01. The second-order valence-electron chi connectivity index (χ2n) is 12.9. The quantitative estimate of drug-likeness (QED) is 0.0694. The number of carbonyl (C=O) groups is 2. The topological polar surface area (TPSA) is 93.1 Å². The van der Waals surface area contributed by atoms with Crippen LogP contribution in [0.1, 0.15) is 114 Å². The van der Waals surface area contributed by atoms with E-state index in [1.54, 1.807) is 0 Å². The molecule has 0 aliphatic rings. The SMILES string of the molecule is CCCCCCCCOC(=O)[C@@H]([C@H](O)c1c(Cl)cccc1Cl)S(F)(F)(F)(F)F.CCCCCCCCOC(=O)[C@H]([C@@H](O)c1c(Cl)cccc1Cl)S(F)(F)(F)(F)F. The van der Waals surface area contributed by atoms with Crippen LogP contribution in [-0.2, 0) is 19.1 Å². The van der Waals surface area contributed by atoms with E-state index in [1.165, 1.54) is 12.1 Å². The number of rotatable bonds is 22. The maximum atomic E-state index is 13.5. The van der Waals surface area contributed by atoms with Crippen LogP contribution in [0.2, 0.25) is 20.1 Å². The van der Waals surface area contributed by atoms with E-state index in [9.17, 15) is 58.7 Å². The zero-order chi connectivity index (χ0) is 43.3. The van der Waals surface area contributed by atoms with Crippen molar-refractivity contribution < 1.29 is 68.1 Å². The Balaban J connectivity index is 0.000000560. The molecule has 0 aliphatic carbocycles. The molecule has 0 unspecified atom stereocenters. The third kappa shape index (κ3) is 17.8. The second-order valence-corrected chi connectivity index (χ2v) is 19.7. The summed E-state index contributed by atoms with van der Waals surface area (Å²) in [6, 6.07) is 6.78. The van der Waals surface area contributed by atoms with Gasteiger partial charge in [0.2, 0.25) is 10.5 Å². The van der Waals surface area contributed by atoms with E-state index in [0.717, 1.165) is 75.6 Å². The molecule has 0 saturated heterocycles. The van der Waals surface area contributed by atoms with E-state index in [2.05, 4.69) is 9.47 Å². The molecule has 2 rings (SSSR count). The minimum Gasteiger partial charge on any atom is -0.465 e. The molecule has 0 amide bonds. The third-order valence-electron chi connectivity index (χ3n) is 8.07. The van der Waals surface area contributed by atoms with Gasteiger partial charge in [0.1, 0.15) is 12.2 Å². The van der Waals surface area contributed by atoms with Crippen molar-refractivity contribution in [1.29, 1.82) is 0 Å². The predicted octanol–water partition coefficient (Wildman–Crippen LogP) is 15.2. The van der Waals surface area contributed by atoms with Gasteiger partial charge in [-0.2, -0.15) is 0 Å². The molecular weight excluding hydrogens is 900 g/mol. The van der Waals surface area contributed by atoms with Crippen LogP contribution in [0.5, 0.6) is 0 Å². The lowest BCUT2D eigenvalue weighted by atomic mass is 10.1. The van der Waals surface area contributed by atoms with Gasteiger partial charge in [0.25, 0.3) is 0 Å². The Kier molecular flexibility index (Phi) is 18.4. The molecule has 0 fully saturated rings. The van der Waals surface area contributed by atoms with Crippen molar-refractivity contribution in [3.63, 3.8) is 0 Å². The molecule has 328 valence electrons. The highest BCUT2D eigenvalue weighted by molar-refractivity contribution is 8.47. The molecule has 0 heterocycles. The van der Waals surface area contributed by atoms with Gasteiger partial charge >= 0.3 is 32.4 Å². The summed E-state index contributed by atoms with van der Waals surface area (Å²) in [7, 11) is -21.0. The lowest BCUT2D eigenvalue weighted by Gasteiger charge is -2.47. The first-order valence-corrected chi connectivity index (χ1v) is 22.9. The van der Waals surface area contributed by atoms with Crippen LogP contribution in [0.4, 0.5) is 38.9 Å². The number of halogens is 14. The van der Waals surface area contributed by atoms with Crippen molar-refractivity contribution in [1.82, 2.24) is 0 Å². The monoisotopic (exact) mass is 944 g/mol. The van der Waals surface area contributed by atoms with Crippen molar-refractivity contribution in [3.8, 4) is 0 Å². The summed E-state index contributed by atoms with van der Waals surface area (Å²) in [4.78, 5) is 23.9. The molecule has 0 aromatic heterocycles. The summed E-state index contributed by atoms with van der Waals surface area (Å²) >= 11 is 22.8. The number of ether oxygens (including phenoxy) is 2. The third-order valence-corrected chi connectivity index (χ3v) is 12.2. The van der Waals surface area contributed by atoms with Crippen molar-refractivity contribution >= 4 is 78.8 Å². The van der Waals surface area contributed by atoms with Crippen LogP contribution in [0, 0.1) is 0 Å². The first-order chi connectivity index (χ1) is 25.4. The highest BCUT2D eigenvalue weighted by Crippen LogP contribution is 3.02. The Labute approximate surface area is 339 Å². The van der Waals surface area contributed by atoms with Gasteiger partial charge in [0, 0.05) is 31.2 Å². The van der Waals surface area contributed by atoms with E-state index in [1.807, 2.05) is 13.8 Å². The zero-order valence-electron chi connectivity index (χ0n) is 30.3. The molecule has 2 aromatic rings. The van der Waals surface area contributed by atoms with Gasteiger partial charge in [-0.05, 0) is 37.1 Å². The van der Waals surface area contributed by atoms with Gasteiger partial charge in [-0.1, -0.05) is 175 Å². The van der Waals surface area contributed by atoms with Gasteiger partial charge in [-0.3, -0.25) is 9.59 Å². The maximum absolute atomic E-state index is 13.5. The predicted molar refractivity (Wildman–Crippen MR) is 205 cm³/mol. The molecule has 0 saturated carbocycles. The van der Waals surface area contributed by atoms with E-state index >= 15 is 0 Å². The van der Waals surface area contributed by atoms with Gasteiger partial charge in [-0.15, -0.1) is 0 Å². The molecule has 4 atom stereocenters. The average molecular weight is 947 g/mol. The van der Waals surface area contributed by atoms with E-state index in [-0.39, 0.29) is 12.8 Å². The molecule has 0 spiro atoms. The standard InChI is InChI=1S/2C17H23Cl2F5O3S/c2*1-2-3-4-5-6-7-11-27-17(26)16(28(20,21,22,23)24)15(25)14-12(18)9-8-10-13(14)19/h2*8-10,15-16,25H,2-7,11H2,1H3/t2*15-,16-/m10/s1. The average Bonchev–Trinajstić information content (AvgIpc) is 3.01. The molecule has 0 radical (unpaired) electrons. The molecular formula is C34H46Cl4F10O6S2. The van der Waals surface area contributed by atoms with Crippen molar-refractivity contribution in [3.05, 3.63) is 67.6 Å². The fourth-order valence-corrected chi connectivity index (χ4v) is 8.62. The number of hydrogen-bond acceptors (Lipinski definition) is 6. The lowest BCUT2D eigenvalue weighted by molar-refractivity contribution is -0.147. The summed E-state index contributed by atoms with van der Waals surface area (Å²) in [6.45, 7) is 3.10. The zero-order valence-corrected chi connectivity index (χ0v) is 35.0. The van der Waals surface area contributed by atoms with Gasteiger partial charge < -0.3 is 19.7 Å². The fraction of sp³-hybridized carbons (Fsp3) is 0.588. The minimum atomic E-state index is -10.5. The molecule has 2 N–H and O–H groups in total. The lowest BCUT2D eigenvalue weighted by Crippen LogP contribution is -2.40. The molecule has 22 heteroatoms. The normalized spacial score (nSPS) is 16.8. The number of carbonyl (C=O) groups excluding carboxylic acids is 2. The van der Waals surface area contributed by atoms with Crippen molar-refractivity contribution in [2.75, 3.05) is 13.2 Å². The Bertz CT molecular complexity index is 1450. The number of benzene rings is 2. The summed E-state index contributed by atoms with van der Waals surface area (Å²) < 4.78 is 144. The van der Waals surface area contributed by atoms with Gasteiger partial charge in [-0.25, -0.2) is 0 Å². The Morgan fingerprint density at radius 2 is 0.768 bits per heavy atom. The van der Waals surface area contributed by atoms with E-state index in [0.29, 0.717) is 12.8 Å². The number of aliphatic hydroxyl groups excluding tert-OH is 2. The van der Waals surface area contributed by atoms with Crippen molar-refractivity contribution in [2.45, 2.75) is 114 Å². The Morgan fingerprint density at radius 3 is 1.02 bits per heavy atom. The van der Waals surface area contributed by atoms with Gasteiger partial charge in [0.05, 0.1) is 13.2 Å². The maximum Gasteiger partial charge on any atom is 0.331 e. The minimum absolute atomic E-state index is 0.228. The largest absolute Gasteiger partial charge is 0.465 e. The number of esters is 2. The Hall–Kier alpha value is -1.54.